The third kappa shape index (κ3) is 1.92. The topological polar surface area (TPSA) is 0 Å². The van der Waals surface area contributed by atoms with Crippen LogP contribution < -0.4 is 0 Å². The molecule has 4 aliphatic carbocycles. The third-order valence-electron chi connectivity index (χ3n) is 7.57. The molecule has 0 heteroatoms. The van der Waals surface area contributed by atoms with Crippen LogP contribution in [0, 0.1) is 29.1 Å². The maximum absolute atomic E-state index is 1.61. The van der Waals surface area contributed by atoms with Crippen molar-refractivity contribution in [3.8, 4) is 0 Å². The lowest BCUT2D eigenvalue weighted by Crippen LogP contribution is -2.32. The molecule has 0 bridgehead atoms. The van der Waals surface area contributed by atoms with Gasteiger partial charge in [0.25, 0.3) is 0 Å². The van der Waals surface area contributed by atoms with E-state index in [9.17, 15) is 0 Å². The van der Waals surface area contributed by atoms with Crippen LogP contribution in [0.1, 0.15) is 89.9 Å². The Morgan fingerprint density at radius 3 is 1.21 bits per heavy atom. The zero-order valence-corrected chi connectivity index (χ0v) is 12.7. The molecule has 0 saturated heterocycles. The Morgan fingerprint density at radius 2 is 0.789 bits per heavy atom. The largest absolute Gasteiger partial charge is 0.0533 e. The van der Waals surface area contributed by atoms with E-state index in [1.807, 2.05) is 0 Å². The normalized spacial score (nSPS) is 39.8. The summed E-state index contributed by atoms with van der Waals surface area (Å²) in [5, 5.41) is 0. The maximum atomic E-state index is 1.61. The van der Waals surface area contributed by atoms with Gasteiger partial charge in [-0.25, -0.2) is 0 Å². The lowest BCUT2D eigenvalue weighted by atomic mass is 9.65. The summed E-state index contributed by atoms with van der Waals surface area (Å²) in [4.78, 5) is 0. The van der Waals surface area contributed by atoms with Crippen molar-refractivity contribution in [1.82, 2.24) is 0 Å². The SMILES string of the molecule is C1CCC(C2(C3CCCCC3)[C@@H]3CCCC[C@@H]32)CC1. The second-order valence-electron chi connectivity index (χ2n) is 8.17. The van der Waals surface area contributed by atoms with E-state index in [2.05, 4.69) is 0 Å². The predicted octanol–water partition coefficient (Wildman–Crippen LogP) is 5.95. The summed E-state index contributed by atoms with van der Waals surface area (Å²) in [6.45, 7) is 0. The summed E-state index contributed by atoms with van der Waals surface area (Å²) in [6, 6.07) is 0. The lowest BCUT2D eigenvalue weighted by Gasteiger charge is -2.40. The van der Waals surface area contributed by atoms with E-state index in [1.54, 1.807) is 77.0 Å². The third-order valence-corrected chi connectivity index (χ3v) is 7.57. The first-order valence-corrected chi connectivity index (χ1v) is 9.44. The lowest BCUT2D eigenvalue weighted by molar-refractivity contribution is 0.0933. The molecule has 4 fully saturated rings. The Labute approximate surface area is 119 Å². The van der Waals surface area contributed by atoms with Gasteiger partial charge in [0.2, 0.25) is 0 Å². The molecule has 0 unspecified atom stereocenters. The molecule has 0 aromatic heterocycles. The molecule has 4 aliphatic rings. The monoisotopic (exact) mass is 260 g/mol. The van der Waals surface area contributed by atoms with Crippen LogP contribution in [0.15, 0.2) is 0 Å². The predicted molar refractivity (Wildman–Crippen MR) is 81.0 cm³/mol. The molecule has 0 nitrogen and oxygen atoms in total. The van der Waals surface area contributed by atoms with Gasteiger partial charge in [-0.1, -0.05) is 51.4 Å². The highest BCUT2D eigenvalue weighted by molar-refractivity contribution is 5.17. The summed E-state index contributed by atoms with van der Waals surface area (Å²) in [5.41, 5.74) is 0.886. The molecule has 0 radical (unpaired) electrons. The summed E-state index contributed by atoms with van der Waals surface area (Å²) in [5.74, 6) is 4.68. The zero-order valence-electron chi connectivity index (χ0n) is 12.7. The maximum Gasteiger partial charge on any atom is -0.0179 e. The second kappa shape index (κ2) is 5.08. The van der Waals surface area contributed by atoms with Gasteiger partial charge in [0.15, 0.2) is 0 Å². The van der Waals surface area contributed by atoms with Crippen LogP contribution in [-0.2, 0) is 0 Å². The van der Waals surface area contributed by atoms with Gasteiger partial charge in [-0.15, -0.1) is 0 Å². The molecule has 0 amide bonds. The summed E-state index contributed by atoms with van der Waals surface area (Å²) < 4.78 is 0. The van der Waals surface area contributed by atoms with Crippen molar-refractivity contribution in [2.45, 2.75) is 89.9 Å². The number of rotatable bonds is 2. The minimum atomic E-state index is 0.886. The fourth-order valence-electron chi connectivity index (χ4n) is 6.97. The molecule has 0 heterocycles. The van der Waals surface area contributed by atoms with Crippen molar-refractivity contribution in [2.75, 3.05) is 0 Å². The van der Waals surface area contributed by atoms with E-state index in [1.165, 1.54) is 24.7 Å². The molecule has 108 valence electrons. The van der Waals surface area contributed by atoms with Crippen molar-refractivity contribution in [2.24, 2.45) is 29.1 Å². The summed E-state index contributed by atoms with van der Waals surface area (Å²) in [7, 11) is 0. The van der Waals surface area contributed by atoms with Crippen LogP contribution in [0.2, 0.25) is 0 Å². The Balaban J connectivity index is 1.59. The summed E-state index contributed by atoms with van der Waals surface area (Å²) in [6.07, 6.45) is 22.0. The van der Waals surface area contributed by atoms with Crippen LogP contribution in [0.25, 0.3) is 0 Å². The van der Waals surface area contributed by atoms with Gasteiger partial charge in [0.05, 0.1) is 0 Å². The molecule has 0 aliphatic heterocycles. The van der Waals surface area contributed by atoms with Gasteiger partial charge in [0.1, 0.15) is 0 Å². The van der Waals surface area contributed by atoms with Crippen LogP contribution >= 0.6 is 0 Å². The molecular weight excluding hydrogens is 228 g/mol. The molecular formula is C19H32. The van der Waals surface area contributed by atoms with Gasteiger partial charge < -0.3 is 0 Å². The fourth-order valence-corrected chi connectivity index (χ4v) is 6.97. The van der Waals surface area contributed by atoms with Gasteiger partial charge in [0, 0.05) is 0 Å². The van der Waals surface area contributed by atoms with Crippen molar-refractivity contribution < 1.29 is 0 Å². The smallest absolute Gasteiger partial charge is 0.0179 e. The average molecular weight is 260 g/mol. The highest BCUT2D eigenvalue weighted by Crippen LogP contribution is 2.75. The highest BCUT2D eigenvalue weighted by Gasteiger charge is 2.69. The quantitative estimate of drug-likeness (QED) is 0.575. The Morgan fingerprint density at radius 1 is 0.421 bits per heavy atom. The number of hydrogen-bond acceptors (Lipinski definition) is 0. The van der Waals surface area contributed by atoms with E-state index >= 15 is 0 Å². The second-order valence-corrected chi connectivity index (χ2v) is 8.17. The van der Waals surface area contributed by atoms with Gasteiger partial charge in [-0.3, -0.25) is 0 Å². The Hall–Kier alpha value is 0. The first-order valence-electron chi connectivity index (χ1n) is 9.44. The average Bonchev–Trinajstić information content (AvgIpc) is 3.19. The molecule has 4 rings (SSSR count). The Kier molecular flexibility index (Phi) is 3.40. The van der Waals surface area contributed by atoms with E-state index in [0.29, 0.717) is 0 Å². The zero-order chi connectivity index (χ0) is 12.7. The summed E-state index contributed by atoms with van der Waals surface area (Å²) >= 11 is 0. The Bertz CT molecular complexity index is 274. The van der Waals surface area contributed by atoms with Crippen LogP contribution in [0.3, 0.4) is 0 Å². The minimum absolute atomic E-state index is 0.886. The molecule has 0 N–H and O–H groups in total. The molecule has 0 spiro atoms. The van der Waals surface area contributed by atoms with Gasteiger partial charge in [-0.2, -0.15) is 0 Å². The van der Waals surface area contributed by atoms with Crippen LogP contribution in [0.5, 0.6) is 0 Å². The van der Waals surface area contributed by atoms with Crippen molar-refractivity contribution >= 4 is 0 Å². The molecule has 0 aromatic carbocycles. The van der Waals surface area contributed by atoms with E-state index in [0.717, 1.165) is 17.3 Å². The van der Waals surface area contributed by atoms with Crippen LogP contribution in [-0.4, -0.2) is 0 Å². The van der Waals surface area contributed by atoms with E-state index in [4.69, 9.17) is 0 Å². The van der Waals surface area contributed by atoms with E-state index < -0.39 is 0 Å². The molecule has 2 atom stereocenters. The molecule has 19 heavy (non-hydrogen) atoms. The number of fused-ring (bicyclic) bond motifs is 1. The van der Waals surface area contributed by atoms with E-state index in [-0.39, 0.29) is 0 Å². The first-order chi connectivity index (χ1) is 9.44. The number of hydrogen-bond donors (Lipinski definition) is 0. The molecule has 0 aromatic rings. The first kappa shape index (κ1) is 12.7. The van der Waals surface area contributed by atoms with Crippen molar-refractivity contribution in [1.29, 1.82) is 0 Å². The van der Waals surface area contributed by atoms with Crippen molar-refractivity contribution in [3.63, 3.8) is 0 Å². The minimum Gasteiger partial charge on any atom is -0.0533 e. The van der Waals surface area contributed by atoms with Crippen LogP contribution in [0.4, 0.5) is 0 Å². The van der Waals surface area contributed by atoms with Crippen molar-refractivity contribution in [3.05, 3.63) is 0 Å². The highest BCUT2D eigenvalue weighted by atomic mass is 14.7. The fraction of sp³-hybridized carbons (Fsp3) is 1.00. The molecule has 4 saturated carbocycles. The van der Waals surface area contributed by atoms with Gasteiger partial charge >= 0.3 is 0 Å². The standard InChI is InChI=1S/C19H32/c1-3-9-15(10-4-1)19(16-11-5-2-6-12-16)17-13-7-8-14-18(17)19/h15-18H,1-14H2/t17-,18+. The van der Waals surface area contributed by atoms with Gasteiger partial charge in [-0.05, 0) is 67.6 Å².